The van der Waals surface area contributed by atoms with Crippen LogP contribution < -0.4 is 0 Å². The average Bonchev–Trinajstić information content (AvgIpc) is 3.11. The predicted octanol–water partition coefficient (Wildman–Crippen LogP) is 2.02. The van der Waals surface area contributed by atoms with Crippen molar-refractivity contribution in [2.75, 3.05) is 6.54 Å². The van der Waals surface area contributed by atoms with Crippen molar-refractivity contribution in [3.05, 3.63) is 17.5 Å². The second-order valence-electron chi connectivity index (χ2n) is 4.90. The van der Waals surface area contributed by atoms with Crippen LogP contribution >= 0.6 is 0 Å². The zero-order valence-electron chi connectivity index (χ0n) is 11.6. The van der Waals surface area contributed by atoms with Crippen LogP contribution in [-0.2, 0) is 24.2 Å². The number of aromatic nitrogens is 2. The number of carbonyl (C=O) groups is 1. The summed E-state index contributed by atoms with van der Waals surface area (Å²) in [5.74, 6) is 0.209. The third-order valence-corrected chi connectivity index (χ3v) is 3.57. The molecular weight excluding hydrogens is 226 g/mol. The Morgan fingerprint density at radius 1 is 1.39 bits per heavy atom. The molecule has 100 valence electrons. The molecule has 0 aliphatic heterocycles. The van der Waals surface area contributed by atoms with E-state index in [0.29, 0.717) is 12.6 Å². The molecular formula is C14H23N3O. The Balaban J connectivity index is 2.07. The molecule has 0 aromatic carbocycles. The van der Waals surface area contributed by atoms with Crippen LogP contribution in [0.3, 0.4) is 0 Å². The van der Waals surface area contributed by atoms with Crippen molar-refractivity contribution >= 4 is 5.91 Å². The minimum absolute atomic E-state index is 0.209. The van der Waals surface area contributed by atoms with Crippen LogP contribution in [0.1, 0.15) is 45.0 Å². The maximum Gasteiger partial charge on any atom is 0.244 e. The lowest BCUT2D eigenvalue weighted by Gasteiger charge is -2.20. The third kappa shape index (κ3) is 2.74. The van der Waals surface area contributed by atoms with E-state index < -0.39 is 0 Å². The lowest BCUT2D eigenvalue weighted by Crippen LogP contribution is -2.36. The van der Waals surface area contributed by atoms with Gasteiger partial charge in [0.1, 0.15) is 6.54 Å². The first-order valence-electron chi connectivity index (χ1n) is 7.04. The van der Waals surface area contributed by atoms with E-state index in [0.717, 1.165) is 30.8 Å². The molecule has 1 aromatic rings. The third-order valence-electron chi connectivity index (χ3n) is 3.57. The van der Waals surface area contributed by atoms with Gasteiger partial charge < -0.3 is 4.90 Å². The van der Waals surface area contributed by atoms with Crippen molar-refractivity contribution in [3.8, 4) is 0 Å². The molecule has 18 heavy (non-hydrogen) atoms. The number of carbonyl (C=O) groups excluding carboxylic acids is 1. The van der Waals surface area contributed by atoms with Crippen LogP contribution in [0.25, 0.3) is 0 Å². The number of amides is 1. The van der Waals surface area contributed by atoms with Crippen molar-refractivity contribution in [3.63, 3.8) is 0 Å². The molecule has 0 atom stereocenters. The van der Waals surface area contributed by atoms with E-state index in [1.807, 2.05) is 9.58 Å². The van der Waals surface area contributed by atoms with Crippen molar-refractivity contribution in [1.82, 2.24) is 14.7 Å². The van der Waals surface area contributed by atoms with Gasteiger partial charge in [0.25, 0.3) is 0 Å². The van der Waals surface area contributed by atoms with Crippen molar-refractivity contribution in [1.29, 1.82) is 0 Å². The minimum atomic E-state index is 0.209. The van der Waals surface area contributed by atoms with Crippen molar-refractivity contribution < 1.29 is 4.79 Å². The number of likely N-dealkylation sites (N-methyl/N-ethyl adjacent to an activating group) is 1. The molecule has 1 aliphatic carbocycles. The van der Waals surface area contributed by atoms with Crippen molar-refractivity contribution in [2.45, 2.75) is 59.0 Å². The highest BCUT2D eigenvalue weighted by atomic mass is 16.2. The van der Waals surface area contributed by atoms with Crippen LogP contribution in [0.15, 0.2) is 6.07 Å². The number of nitrogens with zero attached hydrogens (tertiary/aromatic N) is 3. The highest BCUT2D eigenvalue weighted by Gasteiger charge is 2.31. The van der Waals surface area contributed by atoms with E-state index in [-0.39, 0.29) is 5.91 Å². The number of aryl methyl sites for hydroxylation is 2. The fourth-order valence-corrected chi connectivity index (χ4v) is 2.35. The lowest BCUT2D eigenvalue weighted by molar-refractivity contribution is -0.132. The van der Waals surface area contributed by atoms with E-state index in [2.05, 4.69) is 31.9 Å². The summed E-state index contributed by atoms with van der Waals surface area (Å²) in [6.45, 7) is 7.46. The number of rotatable bonds is 6. The molecule has 0 spiro atoms. The van der Waals surface area contributed by atoms with Crippen LogP contribution in [0, 0.1) is 0 Å². The van der Waals surface area contributed by atoms with Gasteiger partial charge in [0.2, 0.25) is 5.91 Å². The molecule has 1 amide bonds. The highest BCUT2D eigenvalue weighted by Crippen LogP contribution is 2.26. The number of hydrogen-bond donors (Lipinski definition) is 0. The molecule has 2 rings (SSSR count). The minimum Gasteiger partial charge on any atom is -0.338 e. The Morgan fingerprint density at radius 3 is 2.61 bits per heavy atom. The van der Waals surface area contributed by atoms with Gasteiger partial charge in [-0.25, -0.2) is 0 Å². The average molecular weight is 249 g/mol. The first-order valence-corrected chi connectivity index (χ1v) is 7.04. The molecule has 1 aliphatic rings. The second kappa shape index (κ2) is 5.55. The number of hydrogen-bond acceptors (Lipinski definition) is 2. The molecule has 0 saturated heterocycles. The molecule has 4 nitrogen and oxygen atoms in total. The monoisotopic (exact) mass is 249 g/mol. The zero-order valence-corrected chi connectivity index (χ0v) is 11.6. The van der Waals surface area contributed by atoms with Gasteiger partial charge in [0.05, 0.1) is 5.69 Å². The molecule has 1 aromatic heterocycles. The molecule has 1 saturated carbocycles. The zero-order chi connectivity index (χ0) is 13.1. The molecule has 1 heterocycles. The summed E-state index contributed by atoms with van der Waals surface area (Å²) < 4.78 is 1.88. The Morgan fingerprint density at radius 2 is 2.11 bits per heavy atom. The molecule has 0 N–H and O–H groups in total. The Hall–Kier alpha value is -1.32. The summed E-state index contributed by atoms with van der Waals surface area (Å²) in [6.07, 6.45) is 4.18. The molecule has 0 bridgehead atoms. The van der Waals surface area contributed by atoms with Gasteiger partial charge in [0.15, 0.2) is 0 Å². The van der Waals surface area contributed by atoms with Crippen LogP contribution in [0.4, 0.5) is 0 Å². The van der Waals surface area contributed by atoms with Gasteiger partial charge in [-0.1, -0.05) is 13.8 Å². The SMILES string of the molecule is CCc1cc(CC)n(CC(=O)N(CC)C2CC2)n1. The van der Waals surface area contributed by atoms with E-state index >= 15 is 0 Å². The lowest BCUT2D eigenvalue weighted by atomic mass is 10.2. The maximum atomic E-state index is 12.3. The van der Waals surface area contributed by atoms with E-state index in [1.54, 1.807) is 0 Å². The van der Waals surface area contributed by atoms with Gasteiger partial charge in [-0.05, 0) is 38.7 Å². The Labute approximate surface area is 109 Å². The second-order valence-corrected chi connectivity index (χ2v) is 4.90. The van der Waals surface area contributed by atoms with Gasteiger partial charge in [0, 0.05) is 18.3 Å². The summed E-state index contributed by atoms with van der Waals surface area (Å²) in [5, 5.41) is 4.51. The summed E-state index contributed by atoms with van der Waals surface area (Å²) in [6, 6.07) is 2.61. The maximum absolute atomic E-state index is 12.3. The van der Waals surface area contributed by atoms with Crippen LogP contribution in [-0.4, -0.2) is 33.2 Å². The van der Waals surface area contributed by atoms with E-state index in [9.17, 15) is 4.79 Å². The highest BCUT2D eigenvalue weighted by molar-refractivity contribution is 5.76. The first kappa shape index (κ1) is 13.1. The molecule has 4 heteroatoms. The largest absolute Gasteiger partial charge is 0.338 e. The standard InChI is InChI=1S/C14H23N3O/c1-4-11-9-12(5-2)17(15-11)10-14(18)16(6-3)13-7-8-13/h9,13H,4-8,10H2,1-3H3. The quantitative estimate of drug-likeness (QED) is 0.773. The van der Waals surface area contributed by atoms with E-state index in [1.165, 1.54) is 12.8 Å². The van der Waals surface area contributed by atoms with Gasteiger partial charge in [-0.3, -0.25) is 9.48 Å². The fraction of sp³-hybridized carbons (Fsp3) is 0.714. The summed E-state index contributed by atoms with van der Waals surface area (Å²) >= 11 is 0. The van der Waals surface area contributed by atoms with Crippen molar-refractivity contribution in [2.24, 2.45) is 0 Å². The van der Waals surface area contributed by atoms with Crippen LogP contribution in [0.2, 0.25) is 0 Å². The smallest absolute Gasteiger partial charge is 0.244 e. The normalized spacial score (nSPS) is 14.8. The molecule has 0 unspecified atom stereocenters. The van der Waals surface area contributed by atoms with Gasteiger partial charge in [-0.15, -0.1) is 0 Å². The van der Waals surface area contributed by atoms with E-state index in [4.69, 9.17) is 0 Å². The first-order chi connectivity index (χ1) is 8.69. The predicted molar refractivity (Wildman–Crippen MR) is 71.4 cm³/mol. The Kier molecular flexibility index (Phi) is 4.04. The topological polar surface area (TPSA) is 38.1 Å². The summed E-state index contributed by atoms with van der Waals surface area (Å²) in [7, 11) is 0. The molecule has 0 radical (unpaired) electrons. The van der Waals surface area contributed by atoms with Gasteiger partial charge in [-0.2, -0.15) is 5.10 Å². The van der Waals surface area contributed by atoms with Gasteiger partial charge >= 0.3 is 0 Å². The summed E-state index contributed by atoms with van der Waals surface area (Å²) in [5.41, 5.74) is 2.24. The molecule has 1 fully saturated rings. The fourth-order valence-electron chi connectivity index (χ4n) is 2.35. The van der Waals surface area contributed by atoms with Crippen LogP contribution in [0.5, 0.6) is 0 Å². The Bertz CT molecular complexity index is 421. The summed E-state index contributed by atoms with van der Waals surface area (Å²) in [4.78, 5) is 14.2.